The van der Waals surface area contributed by atoms with Crippen molar-refractivity contribution in [3.8, 4) is 0 Å². The lowest BCUT2D eigenvalue weighted by molar-refractivity contribution is 0.210. The minimum atomic E-state index is -0.604. The molecule has 3 heteroatoms. The molecule has 0 saturated heterocycles. The molecule has 0 unspecified atom stereocenters. The Hall–Kier alpha value is -3.27. The number of aliphatic hydroxyl groups is 1. The number of nitrogens with one attached hydrogen (secondary N) is 1. The third kappa shape index (κ3) is 4.33. The van der Waals surface area contributed by atoms with Gasteiger partial charge in [-0.25, -0.2) is 0 Å². The highest BCUT2D eigenvalue weighted by Crippen LogP contribution is 2.35. The Balaban J connectivity index is 1.87. The molecular weight excluding hydrogens is 368 g/mol. The van der Waals surface area contributed by atoms with Crippen molar-refractivity contribution in [2.45, 2.75) is 18.0 Å². The van der Waals surface area contributed by atoms with Crippen LogP contribution in [-0.4, -0.2) is 16.7 Å². The molecule has 150 valence electrons. The molecule has 0 amide bonds. The van der Waals surface area contributed by atoms with E-state index in [0.29, 0.717) is 6.42 Å². The van der Waals surface area contributed by atoms with Crippen molar-refractivity contribution >= 4 is 0 Å². The Morgan fingerprint density at radius 3 is 1.93 bits per heavy atom. The number of aromatic nitrogens is 1. The number of pyridine rings is 1. The number of benzene rings is 3. The van der Waals surface area contributed by atoms with Crippen LogP contribution < -0.4 is 5.32 Å². The van der Waals surface area contributed by atoms with Gasteiger partial charge in [-0.2, -0.15) is 0 Å². The van der Waals surface area contributed by atoms with Crippen molar-refractivity contribution in [2.75, 3.05) is 6.61 Å². The minimum Gasteiger partial charge on any atom is -0.394 e. The molecular formula is C27H26N2O. The van der Waals surface area contributed by atoms with Gasteiger partial charge in [0.05, 0.1) is 23.9 Å². The molecule has 2 N–H and O–H groups in total. The lowest BCUT2D eigenvalue weighted by Gasteiger charge is -2.38. The zero-order valence-corrected chi connectivity index (χ0v) is 16.9. The maximum atomic E-state index is 10.3. The predicted octanol–water partition coefficient (Wildman–Crippen LogP) is 4.89. The third-order valence-corrected chi connectivity index (χ3v) is 5.49. The lowest BCUT2D eigenvalue weighted by Crippen LogP contribution is -2.48. The largest absolute Gasteiger partial charge is 0.394 e. The summed E-state index contributed by atoms with van der Waals surface area (Å²) in [6, 6.07) is 36.7. The summed E-state index contributed by atoms with van der Waals surface area (Å²) in [7, 11) is 0. The van der Waals surface area contributed by atoms with Crippen LogP contribution in [0.15, 0.2) is 115 Å². The first-order valence-electron chi connectivity index (χ1n) is 10.3. The van der Waals surface area contributed by atoms with E-state index < -0.39 is 5.54 Å². The Kier molecular flexibility index (Phi) is 6.33. The summed E-state index contributed by atoms with van der Waals surface area (Å²) in [4.78, 5) is 4.76. The van der Waals surface area contributed by atoms with Gasteiger partial charge in [0, 0.05) is 12.6 Å². The average Bonchev–Trinajstić information content (AvgIpc) is 2.84. The van der Waals surface area contributed by atoms with Gasteiger partial charge in [0.15, 0.2) is 0 Å². The molecule has 0 radical (unpaired) electrons. The van der Waals surface area contributed by atoms with Gasteiger partial charge in [0.2, 0.25) is 0 Å². The summed E-state index contributed by atoms with van der Waals surface area (Å²) in [6.45, 7) is -0.0137. The van der Waals surface area contributed by atoms with Crippen LogP contribution in [0.1, 0.15) is 28.4 Å². The van der Waals surface area contributed by atoms with Gasteiger partial charge in [-0.15, -0.1) is 0 Å². The van der Waals surface area contributed by atoms with Crippen molar-refractivity contribution in [2.24, 2.45) is 0 Å². The predicted molar refractivity (Wildman–Crippen MR) is 121 cm³/mol. The minimum absolute atomic E-state index is 0.0137. The monoisotopic (exact) mass is 394 g/mol. The van der Waals surface area contributed by atoms with E-state index in [-0.39, 0.29) is 12.6 Å². The van der Waals surface area contributed by atoms with Gasteiger partial charge in [0.1, 0.15) is 0 Å². The molecule has 3 aromatic carbocycles. The van der Waals surface area contributed by atoms with Crippen LogP contribution in [0, 0.1) is 0 Å². The summed E-state index contributed by atoms with van der Waals surface area (Å²) in [5.74, 6) is 0. The Morgan fingerprint density at radius 2 is 1.33 bits per heavy atom. The smallest absolute Gasteiger partial charge is 0.0910 e. The molecule has 3 nitrogen and oxygen atoms in total. The molecule has 0 aliphatic rings. The maximum Gasteiger partial charge on any atom is 0.0910 e. The first kappa shape index (κ1) is 20.0. The summed E-state index contributed by atoms with van der Waals surface area (Å²) >= 11 is 0. The zero-order valence-electron chi connectivity index (χ0n) is 16.9. The van der Waals surface area contributed by atoms with E-state index in [2.05, 4.69) is 59.9 Å². The van der Waals surface area contributed by atoms with Crippen molar-refractivity contribution in [1.82, 2.24) is 10.3 Å². The summed E-state index contributed by atoms with van der Waals surface area (Å²) in [5, 5.41) is 14.1. The summed E-state index contributed by atoms with van der Waals surface area (Å²) in [6.07, 6.45) is 2.54. The third-order valence-electron chi connectivity index (χ3n) is 5.49. The van der Waals surface area contributed by atoms with Crippen molar-refractivity contribution in [3.05, 3.63) is 138 Å². The van der Waals surface area contributed by atoms with E-state index in [1.54, 1.807) is 0 Å². The zero-order chi connectivity index (χ0) is 20.7. The second-order valence-electron chi connectivity index (χ2n) is 7.44. The van der Waals surface area contributed by atoms with E-state index in [0.717, 1.165) is 16.8 Å². The van der Waals surface area contributed by atoms with Crippen LogP contribution >= 0.6 is 0 Å². The topological polar surface area (TPSA) is 45.1 Å². The summed E-state index contributed by atoms with van der Waals surface area (Å²) in [5.41, 5.74) is 3.68. The standard InChI is InChI=1S/C27H26N2O/c30-21-25(23-14-6-2-7-15-23)29-27(24-16-8-3-9-17-24,26-18-10-11-19-28-26)20-22-12-4-1-5-13-22/h1-19,25,29-30H,20-21H2/t25-,27-/m1/s1. The summed E-state index contributed by atoms with van der Waals surface area (Å²) < 4.78 is 0. The normalized spacial score (nSPS) is 14.0. The van der Waals surface area contributed by atoms with Gasteiger partial charge < -0.3 is 5.11 Å². The van der Waals surface area contributed by atoms with E-state index in [9.17, 15) is 5.11 Å². The molecule has 0 saturated carbocycles. The molecule has 1 heterocycles. The van der Waals surface area contributed by atoms with Crippen LogP contribution in [-0.2, 0) is 12.0 Å². The van der Waals surface area contributed by atoms with Gasteiger partial charge in [-0.3, -0.25) is 10.3 Å². The maximum absolute atomic E-state index is 10.3. The molecule has 1 aromatic heterocycles. The molecule has 0 bridgehead atoms. The molecule has 30 heavy (non-hydrogen) atoms. The molecule has 2 atom stereocenters. The molecule has 0 spiro atoms. The lowest BCUT2D eigenvalue weighted by atomic mass is 9.79. The highest BCUT2D eigenvalue weighted by Gasteiger charge is 2.38. The average molecular weight is 395 g/mol. The van der Waals surface area contributed by atoms with Crippen LogP contribution in [0.4, 0.5) is 0 Å². The van der Waals surface area contributed by atoms with E-state index in [4.69, 9.17) is 4.98 Å². The molecule has 4 aromatic rings. The van der Waals surface area contributed by atoms with E-state index >= 15 is 0 Å². The molecule has 0 aliphatic heterocycles. The fourth-order valence-electron chi connectivity index (χ4n) is 4.01. The second kappa shape index (κ2) is 9.49. The molecule has 0 aliphatic carbocycles. The van der Waals surface area contributed by atoms with E-state index in [1.165, 1.54) is 5.56 Å². The number of nitrogens with zero attached hydrogens (tertiary/aromatic N) is 1. The van der Waals surface area contributed by atoms with Gasteiger partial charge in [-0.05, 0) is 28.8 Å². The quantitative estimate of drug-likeness (QED) is 0.447. The van der Waals surface area contributed by atoms with Gasteiger partial charge in [0.25, 0.3) is 0 Å². The number of hydrogen-bond acceptors (Lipinski definition) is 3. The van der Waals surface area contributed by atoms with Crippen LogP contribution in [0.2, 0.25) is 0 Å². The van der Waals surface area contributed by atoms with Crippen molar-refractivity contribution < 1.29 is 5.11 Å². The Labute approximate surface area is 178 Å². The highest BCUT2D eigenvalue weighted by molar-refractivity contribution is 5.39. The Bertz CT molecular complexity index is 982. The van der Waals surface area contributed by atoms with E-state index in [1.807, 2.05) is 60.8 Å². The highest BCUT2D eigenvalue weighted by atomic mass is 16.3. The first-order chi connectivity index (χ1) is 14.8. The van der Waals surface area contributed by atoms with Crippen LogP contribution in [0.5, 0.6) is 0 Å². The van der Waals surface area contributed by atoms with Crippen molar-refractivity contribution in [3.63, 3.8) is 0 Å². The Morgan fingerprint density at radius 1 is 0.733 bits per heavy atom. The van der Waals surface area contributed by atoms with Gasteiger partial charge in [-0.1, -0.05) is 97.1 Å². The SMILES string of the molecule is OC[C@@H](N[C@](Cc1ccccc1)(c1ccccc1)c1ccccn1)c1ccccc1. The number of aliphatic hydroxyl groups excluding tert-OH is 1. The fourth-order valence-corrected chi connectivity index (χ4v) is 4.01. The first-order valence-corrected chi connectivity index (χ1v) is 10.3. The fraction of sp³-hybridized carbons (Fsp3) is 0.148. The van der Waals surface area contributed by atoms with Crippen LogP contribution in [0.25, 0.3) is 0 Å². The van der Waals surface area contributed by atoms with Crippen molar-refractivity contribution in [1.29, 1.82) is 0 Å². The number of rotatable bonds is 8. The molecule has 0 fully saturated rings. The van der Waals surface area contributed by atoms with Gasteiger partial charge >= 0.3 is 0 Å². The number of hydrogen-bond donors (Lipinski definition) is 2. The molecule has 4 rings (SSSR count). The van der Waals surface area contributed by atoms with Crippen LogP contribution in [0.3, 0.4) is 0 Å². The second-order valence-corrected chi connectivity index (χ2v) is 7.44.